The van der Waals surface area contributed by atoms with Gasteiger partial charge < -0.3 is 10.8 Å². The molecule has 4 N–H and O–H groups in total. The van der Waals surface area contributed by atoms with Gasteiger partial charge in [0.05, 0.1) is 23.7 Å². The topological polar surface area (TPSA) is 95.7 Å². The van der Waals surface area contributed by atoms with Gasteiger partial charge in [-0.15, -0.1) is 0 Å². The van der Waals surface area contributed by atoms with E-state index in [1.165, 1.54) is 6.07 Å². The largest absolute Gasteiger partial charge is 0.478 e. The molecule has 0 spiro atoms. The second kappa shape index (κ2) is 3.97. The number of benzene rings is 1. The van der Waals surface area contributed by atoms with Crippen molar-refractivity contribution in [3.63, 3.8) is 0 Å². The molecule has 6 nitrogen and oxygen atoms in total. The lowest BCUT2D eigenvalue weighted by Gasteiger charge is -2.24. The first-order valence-corrected chi connectivity index (χ1v) is 5.20. The van der Waals surface area contributed by atoms with Crippen molar-refractivity contribution in [1.29, 1.82) is 0 Å². The molecule has 0 saturated carbocycles. The Hall–Kier alpha value is -2.24. The molecule has 1 aliphatic heterocycles. The van der Waals surface area contributed by atoms with E-state index in [2.05, 4.69) is 5.43 Å². The summed E-state index contributed by atoms with van der Waals surface area (Å²) in [4.78, 5) is 22.4. The summed E-state index contributed by atoms with van der Waals surface area (Å²) >= 11 is 0. The van der Waals surface area contributed by atoms with Gasteiger partial charge in [0.15, 0.2) is 0 Å². The predicted octanol–water partition coefficient (Wildman–Crippen LogP) is 0.597. The van der Waals surface area contributed by atoms with Crippen molar-refractivity contribution in [2.75, 3.05) is 10.7 Å². The average Bonchev–Trinajstić information content (AvgIpc) is 2.57. The third-order valence-electron chi connectivity index (χ3n) is 2.68. The van der Waals surface area contributed by atoms with Crippen molar-refractivity contribution in [1.82, 2.24) is 5.43 Å². The molecular formula is C11H13N3O3. The standard InChI is InChI=1S/C11H13N3O3/c1-6-4-10(15)13-14(6)9-3-2-7(12)5-8(9)11(16)17/h2-3,5-6H,4,12H2,1H3,(H,13,15)(H,16,17). The molecule has 1 aliphatic rings. The summed E-state index contributed by atoms with van der Waals surface area (Å²) in [6, 6.07) is 4.51. The van der Waals surface area contributed by atoms with E-state index in [1.54, 1.807) is 17.1 Å². The zero-order chi connectivity index (χ0) is 12.6. The monoisotopic (exact) mass is 235 g/mol. The summed E-state index contributed by atoms with van der Waals surface area (Å²) in [5.41, 5.74) is 9.09. The van der Waals surface area contributed by atoms with Gasteiger partial charge in [-0.1, -0.05) is 0 Å². The molecule has 1 saturated heterocycles. The van der Waals surface area contributed by atoms with Crippen LogP contribution in [0.15, 0.2) is 18.2 Å². The molecule has 1 heterocycles. The number of carboxylic acids is 1. The van der Waals surface area contributed by atoms with Crippen LogP contribution in [0.1, 0.15) is 23.7 Å². The zero-order valence-electron chi connectivity index (χ0n) is 9.30. The van der Waals surface area contributed by atoms with Crippen LogP contribution in [0.2, 0.25) is 0 Å². The first-order valence-electron chi connectivity index (χ1n) is 5.20. The molecule has 2 rings (SSSR count). The van der Waals surface area contributed by atoms with Crippen LogP contribution in [0.25, 0.3) is 0 Å². The van der Waals surface area contributed by atoms with Gasteiger partial charge in [0, 0.05) is 5.69 Å². The van der Waals surface area contributed by atoms with Crippen molar-refractivity contribution in [2.45, 2.75) is 19.4 Å². The fourth-order valence-electron chi connectivity index (χ4n) is 1.88. The summed E-state index contributed by atoms with van der Waals surface area (Å²) < 4.78 is 0. The van der Waals surface area contributed by atoms with Crippen molar-refractivity contribution >= 4 is 23.3 Å². The Morgan fingerprint density at radius 3 is 2.82 bits per heavy atom. The lowest BCUT2D eigenvalue weighted by Crippen LogP contribution is -2.38. The van der Waals surface area contributed by atoms with Gasteiger partial charge in [0.2, 0.25) is 5.91 Å². The number of hydrogen-bond donors (Lipinski definition) is 3. The van der Waals surface area contributed by atoms with E-state index in [0.717, 1.165) is 0 Å². The molecule has 1 atom stereocenters. The quantitative estimate of drug-likeness (QED) is 0.652. The van der Waals surface area contributed by atoms with Crippen LogP contribution >= 0.6 is 0 Å². The number of carbonyl (C=O) groups excluding carboxylic acids is 1. The van der Waals surface area contributed by atoms with Crippen LogP contribution in [0.5, 0.6) is 0 Å². The number of nitrogen functional groups attached to an aromatic ring is 1. The van der Waals surface area contributed by atoms with Crippen LogP contribution in [-0.2, 0) is 4.79 Å². The smallest absolute Gasteiger partial charge is 0.337 e. The molecule has 1 amide bonds. The molecule has 0 bridgehead atoms. The molecule has 17 heavy (non-hydrogen) atoms. The maximum atomic E-state index is 11.3. The van der Waals surface area contributed by atoms with Crippen molar-refractivity contribution in [3.05, 3.63) is 23.8 Å². The summed E-state index contributed by atoms with van der Waals surface area (Å²) in [7, 11) is 0. The summed E-state index contributed by atoms with van der Waals surface area (Å²) in [6.45, 7) is 1.85. The molecule has 1 aromatic carbocycles. The number of hydrazine groups is 1. The van der Waals surface area contributed by atoms with Crippen LogP contribution in [0.3, 0.4) is 0 Å². The fraction of sp³-hybridized carbons (Fsp3) is 0.273. The van der Waals surface area contributed by atoms with Crippen LogP contribution < -0.4 is 16.2 Å². The number of nitrogens with two attached hydrogens (primary N) is 1. The van der Waals surface area contributed by atoms with Crippen molar-refractivity contribution in [2.24, 2.45) is 0 Å². The van der Waals surface area contributed by atoms with Gasteiger partial charge in [-0.05, 0) is 25.1 Å². The Balaban J connectivity index is 2.44. The Labute approximate surface area is 98.0 Å². The van der Waals surface area contributed by atoms with Gasteiger partial charge in [0.1, 0.15) is 0 Å². The Kier molecular flexibility index (Phi) is 2.63. The normalized spacial score (nSPS) is 19.2. The molecular weight excluding hydrogens is 222 g/mol. The van der Waals surface area contributed by atoms with E-state index < -0.39 is 5.97 Å². The van der Waals surface area contributed by atoms with E-state index in [1.807, 2.05) is 6.92 Å². The third-order valence-corrected chi connectivity index (χ3v) is 2.68. The highest BCUT2D eigenvalue weighted by Crippen LogP contribution is 2.26. The van der Waals surface area contributed by atoms with Gasteiger partial charge in [-0.25, -0.2) is 4.79 Å². The lowest BCUT2D eigenvalue weighted by atomic mass is 10.1. The minimum absolute atomic E-state index is 0.0794. The highest BCUT2D eigenvalue weighted by atomic mass is 16.4. The zero-order valence-corrected chi connectivity index (χ0v) is 9.30. The maximum absolute atomic E-state index is 11.3. The van der Waals surface area contributed by atoms with Crippen LogP contribution in [0.4, 0.5) is 11.4 Å². The molecule has 6 heteroatoms. The third kappa shape index (κ3) is 2.01. The lowest BCUT2D eigenvalue weighted by molar-refractivity contribution is -0.119. The number of hydrogen-bond acceptors (Lipinski definition) is 4. The number of nitrogens with one attached hydrogen (secondary N) is 1. The minimum Gasteiger partial charge on any atom is -0.478 e. The minimum atomic E-state index is -1.07. The molecule has 0 aliphatic carbocycles. The highest BCUT2D eigenvalue weighted by Gasteiger charge is 2.29. The van der Waals surface area contributed by atoms with E-state index in [0.29, 0.717) is 17.8 Å². The summed E-state index contributed by atoms with van der Waals surface area (Å²) in [5.74, 6) is -1.19. The highest BCUT2D eigenvalue weighted by molar-refractivity contribution is 5.97. The number of nitrogens with zero attached hydrogens (tertiary/aromatic N) is 1. The van der Waals surface area contributed by atoms with E-state index in [9.17, 15) is 9.59 Å². The molecule has 1 aromatic rings. The molecule has 0 radical (unpaired) electrons. The van der Waals surface area contributed by atoms with Gasteiger partial charge in [-0.3, -0.25) is 15.2 Å². The number of amides is 1. The molecule has 1 unspecified atom stereocenters. The van der Waals surface area contributed by atoms with Crippen molar-refractivity contribution in [3.8, 4) is 0 Å². The number of aromatic carboxylic acids is 1. The number of anilines is 2. The summed E-state index contributed by atoms with van der Waals surface area (Å²) in [5, 5.41) is 10.7. The summed E-state index contributed by atoms with van der Waals surface area (Å²) in [6.07, 6.45) is 0.351. The number of rotatable bonds is 2. The SMILES string of the molecule is CC1CC(=O)NN1c1ccc(N)cc1C(=O)O. The van der Waals surface area contributed by atoms with E-state index in [4.69, 9.17) is 10.8 Å². The van der Waals surface area contributed by atoms with E-state index >= 15 is 0 Å². The second-order valence-electron chi connectivity index (χ2n) is 4.04. The fourth-order valence-corrected chi connectivity index (χ4v) is 1.88. The molecule has 0 aromatic heterocycles. The van der Waals surface area contributed by atoms with Crippen molar-refractivity contribution < 1.29 is 14.7 Å². The van der Waals surface area contributed by atoms with Crippen LogP contribution in [0, 0.1) is 0 Å². The Morgan fingerprint density at radius 2 is 2.29 bits per heavy atom. The predicted molar refractivity (Wildman–Crippen MR) is 62.5 cm³/mol. The first kappa shape index (κ1) is 11.3. The Morgan fingerprint density at radius 1 is 1.59 bits per heavy atom. The van der Waals surface area contributed by atoms with Gasteiger partial charge in [0.25, 0.3) is 0 Å². The van der Waals surface area contributed by atoms with Crippen LogP contribution in [-0.4, -0.2) is 23.0 Å². The molecule has 90 valence electrons. The maximum Gasteiger partial charge on any atom is 0.337 e. The number of carbonyl (C=O) groups is 2. The average molecular weight is 235 g/mol. The Bertz CT molecular complexity index is 487. The number of carboxylic acid groups (broad SMARTS) is 1. The van der Waals surface area contributed by atoms with Gasteiger partial charge >= 0.3 is 5.97 Å². The second-order valence-corrected chi connectivity index (χ2v) is 4.04. The molecule has 1 fully saturated rings. The first-order chi connectivity index (χ1) is 7.99. The van der Waals surface area contributed by atoms with E-state index in [-0.39, 0.29) is 17.5 Å². The van der Waals surface area contributed by atoms with Gasteiger partial charge in [-0.2, -0.15) is 0 Å².